The summed E-state index contributed by atoms with van der Waals surface area (Å²) in [5, 5.41) is 12.4. The number of carboxylic acid groups (broad SMARTS) is 1. The Labute approximate surface area is 276 Å². The van der Waals surface area contributed by atoms with E-state index in [1.807, 2.05) is 0 Å². The number of likely N-dealkylation sites (N-methyl/N-ethyl adjacent to an activating group) is 1. The molecule has 260 valence electrons. The lowest BCUT2D eigenvalue weighted by Gasteiger charge is -2.26. The number of aryl methyl sites for hydroxylation is 3. The molecule has 4 rings (SSSR count). The molecule has 12 heteroatoms. The number of hydrogen-bond acceptors (Lipinski definition) is 4. The van der Waals surface area contributed by atoms with Crippen LogP contribution in [0.3, 0.4) is 0 Å². The molecular weight excluding hydrogens is 633 g/mol. The number of hydrogen-bond donors (Lipinski definition) is 2. The number of carbonyl (C=O) groups excluding carboxylic acids is 1. The van der Waals surface area contributed by atoms with Gasteiger partial charge in [0.05, 0.1) is 18.0 Å². The third kappa shape index (κ3) is 8.89. The number of aliphatic carboxylic acids is 1. The summed E-state index contributed by atoms with van der Waals surface area (Å²) in [6, 6.07) is 3.41. The highest BCUT2D eigenvalue weighted by atomic mass is 19.4. The molecule has 3 aromatic rings. The third-order valence-electron chi connectivity index (χ3n) is 8.92. The zero-order chi connectivity index (χ0) is 35.3. The van der Waals surface area contributed by atoms with Gasteiger partial charge in [0.2, 0.25) is 5.91 Å². The number of rotatable bonds is 6. The van der Waals surface area contributed by atoms with Crippen molar-refractivity contribution >= 4 is 11.9 Å². The van der Waals surface area contributed by atoms with Crippen molar-refractivity contribution in [1.29, 1.82) is 0 Å². The fourth-order valence-corrected chi connectivity index (χ4v) is 6.52. The Kier molecular flexibility index (Phi) is 11.8. The second-order valence-electron chi connectivity index (χ2n) is 12.9. The van der Waals surface area contributed by atoms with Crippen LogP contribution in [-0.2, 0) is 28.6 Å². The van der Waals surface area contributed by atoms with Crippen molar-refractivity contribution in [2.24, 2.45) is 0 Å². The molecule has 0 saturated heterocycles. The van der Waals surface area contributed by atoms with E-state index in [0.717, 1.165) is 35.6 Å². The van der Waals surface area contributed by atoms with Gasteiger partial charge < -0.3 is 19.9 Å². The largest absolute Gasteiger partial charge is 0.481 e. The van der Waals surface area contributed by atoms with Gasteiger partial charge in [-0.15, -0.1) is 0 Å². The summed E-state index contributed by atoms with van der Waals surface area (Å²) in [6.07, 6.45) is -0.475. The first-order valence-corrected chi connectivity index (χ1v) is 16.2. The minimum atomic E-state index is -4.79. The zero-order valence-corrected chi connectivity index (χ0v) is 27.6. The lowest BCUT2D eigenvalue weighted by atomic mass is 9.87. The van der Waals surface area contributed by atoms with Crippen molar-refractivity contribution in [3.05, 3.63) is 91.9 Å². The van der Waals surface area contributed by atoms with Gasteiger partial charge in [-0.05, 0) is 111 Å². The van der Waals surface area contributed by atoms with E-state index >= 15 is 4.39 Å². The number of carboxylic acids is 1. The van der Waals surface area contributed by atoms with Crippen LogP contribution in [-0.4, -0.2) is 47.1 Å². The summed E-state index contributed by atoms with van der Waals surface area (Å²) in [5.41, 5.74) is 0.808. The van der Waals surface area contributed by atoms with E-state index in [4.69, 9.17) is 0 Å². The molecule has 48 heavy (non-hydrogen) atoms. The Morgan fingerprint density at radius 1 is 0.979 bits per heavy atom. The first-order valence-electron chi connectivity index (χ1n) is 16.2. The van der Waals surface area contributed by atoms with Crippen molar-refractivity contribution in [3.63, 3.8) is 0 Å². The number of carbonyl (C=O) groups is 2. The van der Waals surface area contributed by atoms with E-state index < -0.39 is 59.3 Å². The first-order chi connectivity index (χ1) is 22.6. The summed E-state index contributed by atoms with van der Waals surface area (Å²) >= 11 is 0. The van der Waals surface area contributed by atoms with E-state index in [9.17, 15) is 37.1 Å². The number of alkyl halides is 3. The molecule has 7 nitrogen and oxygen atoms in total. The molecule has 0 saturated carbocycles. The molecule has 2 heterocycles. The Hall–Kier alpha value is -4.06. The molecule has 1 amide bonds. The van der Waals surface area contributed by atoms with Crippen molar-refractivity contribution in [3.8, 4) is 11.1 Å². The average molecular weight is 676 g/mol. The van der Waals surface area contributed by atoms with Crippen LogP contribution >= 0.6 is 0 Å². The molecule has 2 aromatic carbocycles. The maximum Gasteiger partial charge on any atom is 0.416 e. The maximum atomic E-state index is 15.7. The molecule has 0 aliphatic carbocycles. The number of aromatic nitrogens is 1. The minimum absolute atomic E-state index is 0.0414. The molecule has 0 radical (unpaired) electrons. The van der Waals surface area contributed by atoms with Crippen molar-refractivity contribution in [2.75, 3.05) is 20.6 Å². The molecule has 1 aromatic heterocycles. The third-order valence-corrected chi connectivity index (χ3v) is 8.92. The maximum absolute atomic E-state index is 15.7. The van der Waals surface area contributed by atoms with E-state index in [1.54, 1.807) is 32.8 Å². The molecule has 2 N–H and O–H groups in total. The van der Waals surface area contributed by atoms with Crippen molar-refractivity contribution in [2.45, 2.75) is 89.9 Å². The van der Waals surface area contributed by atoms with Crippen LogP contribution in [0.5, 0.6) is 0 Å². The Balaban J connectivity index is 1.87. The summed E-state index contributed by atoms with van der Waals surface area (Å²) in [5.74, 6) is -3.30. The molecule has 2 bridgehead atoms. The van der Waals surface area contributed by atoms with Gasteiger partial charge in [-0.2, -0.15) is 13.2 Å². The van der Waals surface area contributed by atoms with Gasteiger partial charge in [0, 0.05) is 24.4 Å². The Morgan fingerprint density at radius 3 is 2.33 bits per heavy atom. The normalized spacial score (nSPS) is 18.0. The lowest BCUT2D eigenvalue weighted by molar-refractivity contribution is -0.139. The van der Waals surface area contributed by atoms with E-state index in [0.29, 0.717) is 47.6 Å². The van der Waals surface area contributed by atoms with Crippen LogP contribution in [0, 0.1) is 25.5 Å². The fraction of sp³-hybridized carbons (Fsp3) is 0.472. The Bertz CT molecular complexity index is 1720. The van der Waals surface area contributed by atoms with Gasteiger partial charge in [0.25, 0.3) is 5.56 Å². The lowest BCUT2D eigenvalue weighted by Crippen LogP contribution is -2.40. The molecule has 0 unspecified atom stereocenters. The average Bonchev–Trinajstić information content (AvgIpc) is 2.97. The fourth-order valence-electron chi connectivity index (χ4n) is 6.52. The second-order valence-corrected chi connectivity index (χ2v) is 12.9. The summed E-state index contributed by atoms with van der Waals surface area (Å²) < 4.78 is 73.1. The standard InChI is InChI=1S/C36H42F5N3O4/c1-21-15-29(38)27-17-26(21)34-22(2)14-25(37)16-23(34)10-8-6-5-7-9-11-31(35(48)42-30(27)19-33(46)47)44-20-24(12-13-43(3)4)28(18-32(44)45)36(39,40)41/h14-18,20,30-31H,5-13,19H2,1-4H3,(H,42,48)(H,46,47)/t30-,31-/m0/s1. The quantitative estimate of drug-likeness (QED) is 0.268. The van der Waals surface area contributed by atoms with E-state index in [1.165, 1.54) is 24.3 Å². The second kappa shape index (κ2) is 15.4. The minimum Gasteiger partial charge on any atom is -0.481 e. The van der Waals surface area contributed by atoms with Crippen LogP contribution in [0.2, 0.25) is 0 Å². The monoisotopic (exact) mass is 675 g/mol. The van der Waals surface area contributed by atoms with Gasteiger partial charge in [0.15, 0.2) is 0 Å². The van der Waals surface area contributed by atoms with Gasteiger partial charge in [-0.25, -0.2) is 8.78 Å². The molecule has 1 aliphatic heterocycles. The molecular formula is C36H42F5N3O4. The predicted molar refractivity (Wildman–Crippen MR) is 173 cm³/mol. The molecule has 0 fully saturated rings. The summed E-state index contributed by atoms with van der Waals surface area (Å²) in [4.78, 5) is 41.0. The highest BCUT2D eigenvalue weighted by molar-refractivity contribution is 5.82. The number of pyridine rings is 1. The van der Waals surface area contributed by atoms with Crippen LogP contribution in [0.4, 0.5) is 22.0 Å². The summed E-state index contributed by atoms with van der Waals surface area (Å²) in [6.45, 7) is 3.69. The van der Waals surface area contributed by atoms with Gasteiger partial charge in [-0.1, -0.05) is 25.7 Å². The van der Waals surface area contributed by atoms with E-state index in [2.05, 4.69) is 5.32 Å². The molecule has 1 aliphatic rings. The van der Waals surface area contributed by atoms with Crippen LogP contribution in [0.1, 0.15) is 90.4 Å². The van der Waals surface area contributed by atoms with Gasteiger partial charge in [0.1, 0.15) is 17.7 Å². The SMILES string of the molecule is Cc1cc(F)c2cc1-c1c(C)cc(F)cc1CCCCCCC[C@H](n1cc(CCN(C)C)c(C(F)(F)F)cc1=O)C(=O)N[C@H]2CC(=O)O. The first kappa shape index (κ1) is 36.8. The summed E-state index contributed by atoms with van der Waals surface area (Å²) in [7, 11) is 3.41. The topological polar surface area (TPSA) is 91.6 Å². The predicted octanol–water partition coefficient (Wildman–Crippen LogP) is 7.30. The highest BCUT2D eigenvalue weighted by Crippen LogP contribution is 2.37. The van der Waals surface area contributed by atoms with Crippen LogP contribution in [0.15, 0.2) is 41.3 Å². The number of amides is 1. The number of halogens is 5. The van der Waals surface area contributed by atoms with Gasteiger partial charge in [-0.3, -0.25) is 14.4 Å². The molecule has 0 spiro atoms. The number of nitrogens with one attached hydrogen (secondary N) is 1. The van der Waals surface area contributed by atoms with Crippen LogP contribution in [0.25, 0.3) is 11.1 Å². The zero-order valence-electron chi connectivity index (χ0n) is 27.6. The highest BCUT2D eigenvalue weighted by Gasteiger charge is 2.36. The van der Waals surface area contributed by atoms with Crippen LogP contribution < -0.4 is 10.9 Å². The number of nitrogens with zero attached hydrogens (tertiary/aromatic N) is 2. The van der Waals surface area contributed by atoms with Crippen molar-refractivity contribution in [1.82, 2.24) is 14.8 Å². The number of benzene rings is 2. The Morgan fingerprint density at radius 2 is 1.67 bits per heavy atom. The van der Waals surface area contributed by atoms with Gasteiger partial charge >= 0.3 is 12.1 Å². The number of fused-ring (bicyclic) bond motifs is 4. The molecule has 2 atom stereocenters. The van der Waals surface area contributed by atoms with Crippen molar-refractivity contribution < 1.29 is 36.6 Å². The smallest absolute Gasteiger partial charge is 0.416 e. The van der Waals surface area contributed by atoms with E-state index in [-0.39, 0.29) is 30.5 Å².